The third-order valence-electron chi connectivity index (χ3n) is 15.4. The van der Waals surface area contributed by atoms with E-state index in [9.17, 15) is 0 Å². The van der Waals surface area contributed by atoms with E-state index in [0.29, 0.717) is 0 Å². The van der Waals surface area contributed by atoms with Crippen molar-refractivity contribution in [3.63, 3.8) is 0 Å². The molecule has 11 aromatic rings. The maximum absolute atomic E-state index is 4.09. The van der Waals surface area contributed by atoms with Gasteiger partial charge in [-0.2, -0.15) is 0 Å². The molecule has 2 nitrogen and oxygen atoms in total. The summed E-state index contributed by atoms with van der Waals surface area (Å²) in [6.07, 6.45) is 0. The topological polar surface area (TPSA) is 17.0 Å². The number of fused-ring (bicyclic) bond motifs is 15. The fraction of sp³-hybridized carbons (Fsp3) is 0.238. The number of hydrogen-bond donors (Lipinski definition) is 1. The number of anilines is 2. The second kappa shape index (κ2) is 14.0. The normalized spacial score (nSPS) is 14.3. The van der Waals surface area contributed by atoms with Crippen molar-refractivity contribution >= 4 is 114 Å². The Kier molecular flexibility index (Phi) is 8.64. The summed E-state index contributed by atoms with van der Waals surface area (Å²) in [6, 6.07) is 51.8. The van der Waals surface area contributed by atoms with E-state index in [0.717, 1.165) is 11.4 Å². The Hall–Kier alpha value is -6.14. The maximum Gasteiger partial charge on any atom is 0.197 e. The smallest absolute Gasteiger partial charge is 0.197 e. The van der Waals surface area contributed by atoms with Crippen molar-refractivity contribution < 1.29 is 0 Å². The van der Waals surface area contributed by atoms with Crippen LogP contribution in [0.3, 0.4) is 0 Å². The molecule has 1 aliphatic heterocycles. The van der Waals surface area contributed by atoms with Gasteiger partial charge in [0.05, 0.1) is 5.52 Å². The molecule has 0 fully saturated rings. The Morgan fingerprint density at radius 2 is 1.12 bits per heavy atom. The second-order valence-corrected chi connectivity index (χ2v) is 25.5. The second-order valence-electron chi connectivity index (χ2n) is 23.3. The lowest BCUT2D eigenvalue weighted by atomic mass is 9.57. The van der Waals surface area contributed by atoms with Crippen molar-refractivity contribution in [2.75, 3.05) is 5.32 Å². The van der Waals surface area contributed by atoms with Gasteiger partial charge in [0.1, 0.15) is 0 Å². The van der Waals surface area contributed by atoms with Crippen molar-refractivity contribution in [1.29, 1.82) is 0 Å². The lowest BCUT2D eigenvalue weighted by Gasteiger charge is -2.31. The van der Waals surface area contributed by atoms with Crippen LogP contribution in [-0.2, 0) is 21.7 Å². The molecule has 4 heterocycles. The molecule has 1 aliphatic carbocycles. The van der Waals surface area contributed by atoms with Gasteiger partial charge in [0.25, 0.3) is 0 Å². The molecule has 2 aliphatic rings. The van der Waals surface area contributed by atoms with Gasteiger partial charge < -0.3 is 9.88 Å². The minimum absolute atomic E-state index is 0.0189. The summed E-state index contributed by atoms with van der Waals surface area (Å²) in [5, 5.41) is 12.1. The van der Waals surface area contributed by atoms with Crippen molar-refractivity contribution in [3.8, 4) is 27.9 Å². The first-order chi connectivity index (χ1) is 32.3. The first kappa shape index (κ1) is 42.0. The van der Waals surface area contributed by atoms with E-state index >= 15 is 0 Å². The summed E-state index contributed by atoms with van der Waals surface area (Å²) in [4.78, 5) is 0. The molecule has 3 aromatic heterocycles. The van der Waals surface area contributed by atoms with Crippen molar-refractivity contribution in [2.45, 2.75) is 97.8 Å². The molecule has 0 unspecified atom stereocenters. The number of nitrogens with one attached hydrogen (secondary N) is 1. The van der Waals surface area contributed by atoms with Gasteiger partial charge in [-0.15, -0.1) is 22.7 Å². The Balaban J connectivity index is 1.21. The molecular formula is C63H56BN2S2. The largest absolute Gasteiger partial charge is 0.355 e. The fourth-order valence-corrected chi connectivity index (χ4v) is 14.0. The minimum atomic E-state index is -0.303. The lowest BCUT2D eigenvalue weighted by molar-refractivity contribution is 0.590. The minimum Gasteiger partial charge on any atom is -0.355 e. The summed E-state index contributed by atoms with van der Waals surface area (Å²) in [7, 11) is 2.56. The van der Waals surface area contributed by atoms with Crippen LogP contribution in [0.1, 0.15) is 104 Å². The predicted octanol–water partition coefficient (Wildman–Crippen LogP) is 17.1. The Morgan fingerprint density at radius 3 is 1.85 bits per heavy atom. The van der Waals surface area contributed by atoms with E-state index < -0.39 is 0 Å². The molecule has 0 bridgehead atoms. The van der Waals surface area contributed by atoms with E-state index in [2.05, 4.69) is 227 Å². The maximum atomic E-state index is 4.09. The van der Waals surface area contributed by atoms with E-state index in [1.54, 1.807) is 0 Å². The van der Waals surface area contributed by atoms with Gasteiger partial charge in [0, 0.05) is 84.7 Å². The zero-order valence-corrected chi connectivity index (χ0v) is 42.7. The van der Waals surface area contributed by atoms with E-state index in [4.69, 9.17) is 0 Å². The molecular weight excluding hydrogens is 860 g/mol. The molecule has 8 aromatic carbocycles. The average Bonchev–Trinajstić information content (AvgIpc) is 4.01. The van der Waals surface area contributed by atoms with E-state index in [1.807, 2.05) is 22.7 Å². The van der Waals surface area contributed by atoms with E-state index in [-0.39, 0.29) is 21.7 Å². The molecule has 333 valence electrons. The molecule has 68 heavy (non-hydrogen) atoms. The zero-order chi connectivity index (χ0) is 47.0. The number of benzene rings is 8. The molecule has 0 amide bonds. The highest BCUT2D eigenvalue weighted by atomic mass is 32.1. The molecule has 0 atom stereocenters. The van der Waals surface area contributed by atoms with Gasteiger partial charge in [-0.3, -0.25) is 0 Å². The Bertz CT molecular complexity index is 3980. The monoisotopic (exact) mass is 915 g/mol. The quantitative estimate of drug-likeness (QED) is 0.175. The molecule has 13 rings (SSSR count). The fourth-order valence-electron chi connectivity index (χ4n) is 11.8. The summed E-state index contributed by atoms with van der Waals surface area (Å²) in [6.45, 7) is 25.8. The molecule has 0 spiro atoms. The molecule has 1 radical (unpaired) electrons. The van der Waals surface area contributed by atoms with Crippen molar-refractivity contribution in [2.24, 2.45) is 0 Å². The lowest BCUT2D eigenvalue weighted by Crippen LogP contribution is -2.38. The van der Waals surface area contributed by atoms with Crippen LogP contribution in [0.25, 0.3) is 90.1 Å². The van der Waals surface area contributed by atoms with Crippen LogP contribution in [0.4, 0.5) is 11.4 Å². The summed E-state index contributed by atoms with van der Waals surface area (Å²) < 4.78 is 7.92. The van der Waals surface area contributed by atoms with E-state index in [1.165, 1.54) is 129 Å². The van der Waals surface area contributed by atoms with Crippen molar-refractivity contribution in [3.05, 3.63) is 161 Å². The van der Waals surface area contributed by atoms with Crippen LogP contribution in [0.2, 0.25) is 0 Å². The van der Waals surface area contributed by atoms with Gasteiger partial charge >= 0.3 is 0 Å². The van der Waals surface area contributed by atoms with Crippen LogP contribution in [0, 0.1) is 0 Å². The molecule has 5 heteroatoms. The third-order valence-corrected chi connectivity index (χ3v) is 17.7. The number of hydrogen-bond acceptors (Lipinski definition) is 3. The van der Waals surface area contributed by atoms with Gasteiger partial charge in [-0.05, 0) is 133 Å². The number of rotatable bonds is 3. The van der Waals surface area contributed by atoms with Gasteiger partial charge in [0.2, 0.25) is 0 Å². The van der Waals surface area contributed by atoms with Crippen LogP contribution >= 0.6 is 22.7 Å². The van der Waals surface area contributed by atoms with Crippen LogP contribution in [0.5, 0.6) is 0 Å². The van der Waals surface area contributed by atoms with Crippen LogP contribution < -0.4 is 16.2 Å². The van der Waals surface area contributed by atoms with Gasteiger partial charge in [0.15, 0.2) is 7.28 Å². The number of thiophene rings is 2. The standard InChI is InChI=1S/C63H56BN2S2/c1-60(2,3)34-20-24-37(25-21-34)65-47-33-53-41(40-28-36(62(7,8)9)23-27-51(40)68-53)30-43(47)56-57-54(39-17-12-14-18-45(39)63(57,10)11)55-44-29-35(61(4,5)6)22-26-48(44)66-49-31-42-38-16-13-15-19-50(38)67-52(42)32-46(49)64-58(56)59(55)66/h12-33,65H,1-11H3. The third kappa shape index (κ3) is 6.00. The highest BCUT2D eigenvalue weighted by Crippen LogP contribution is 2.58. The molecule has 1 N–H and O–H groups in total. The Labute approximate surface area is 408 Å². The van der Waals surface area contributed by atoms with Crippen LogP contribution in [-0.4, -0.2) is 11.8 Å². The highest BCUT2D eigenvalue weighted by molar-refractivity contribution is 7.26. The highest BCUT2D eigenvalue weighted by Gasteiger charge is 2.43. The first-order valence-electron chi connectivity index (χ1n) is 24.3. The van der Waals surface area contributed by atoms with Gasteiger partial charge in [-0.25, -0.2) is 0 Å². The summed E-state index contributed by atoms with van der Waals surface area (Å²) in [5.74, 6) is 0. The first-order valence-corrected chi connectivity index (χ1v) is 26.0. The summed E-state index contributed by atoms with van der Waals surface area (Å²) in [5.41, 5.74) is 20.4. The molecule has 0 saturated heterocycles. The Morgan fingerprint density at radius 1 is 0.515 bits per heavy atom. The van der Waals surface area contributed by atoms with Gasteiger partial charge in [-0.1, -0.05) is 148 Å². The van der Waals surface area contributed by atoms with Crippen LogP contribution in [0.15, 0.2) is 133 Å². The molecule has 0 saturated carbocycles. The summed E-state index contributed by atoms with van der Waals surface area (Å²) >= 11 is 3.81. The van der Waals surface area contributed by atoms with Crippen molar-refractivity contribution in [1.82, 2.24) is 4.57 Å². The SMILES string of the molecule is CC(C)(C)c1ccc(Nc2cc3sc4ccc(C(C)(C)C)cc4c3cc2-c2c3c(c4c5cc(C(C)(C)C)ccc5n5c4c2[B]c2cc4sc6ccccc6c4cc2-5)-c2ccccc2C3(C)C)cc1. The predicted molar refractivity (Wildman–Crippen MR) is 300 cm³/mol. The zero-order valence-electron chi connectivity index (χ0n) is 41.0. The number of aromatic nitrogens is 1. The number of nitrogens with zero attached hydrogens (tertiary/aromatic N) is 1. The average molecular weight is 916 g/mol.